The minimum absolute atomic E-state index is 0.263. The number of hydrogen-bond donors (Lipinski definition) is 5. The number of aliphatic hydroxyl groups excluding tert-OH is 3. The van der Waals surface area contributed by atoms with E-state index in [9.17, 15) is 20.1 Å². The first-order valence-electron chi connectivity index (χ1n) is 5.27. The van der Waals surface area contributed by atoms with Crippen molar-refractivity contribution in [2.45, 2.75) is 37.6 Å². The van der Waals surface area contributed by atoms with Crippen molar-refractivity contribution in [3.63, 3.8) is 0 Å². The first-order valence-corrected chi connectivity index (χ1v) is 5.80. The van der Waals surface area contributed by atoms with Gasteiger partial charge in [-0.15, -0.1) is 11.6 Å². The smallest absolute Gasteiger partial charge is 0.316 e. The highest BCUT2D eigenvalue weighted by Crippen LogP contribution is 2.19. The summed E-state index contributed by atoms with van der Waals surface area (Å²) in [4.78, 5) is 11.3. The van der Waals surface area contributed by atoms with E-state index in [-0.39, 0.29) is 12.4 Å². The van der Waals surface area contributed by atoms with Gasteiger partial charge in [0.25, 0.3) is 0 Å². The van der Waals surface area contributed by atoms with Gasteiger partial charge < -0.3 is 30.7 Å². The van der Waals surface area contributed by atoms with Gasteiger partial charge in [0.05, 0.1) is 6.10 Å². The number of alkyl halides is 1. The summed E-state index contributed by atoms with van der Waals surface area (Å²) in [5.41, 5.74) is 0. The highest BCUT2D eigenvalue weighted by Gasteiger charge is 2.42. The van der Waals surface area contributed by atoms with Crippen molar-refractivity contribution in [3.8, 4) is 0 Å². The zero-order chi connectivity index (χ0) is 13.0. The number of halogens is 1. The zero-order valence-corrected chi connectivity index (χ0v) is 10.1. The summed E-state index contributed by atoms with van der Waals surface area (Å²) < 4.78 is 5.17. The topological polar surface area (TPSA) is 111 Å². The van der Waals surface area contributed by atoms with E-state index in [1.54, 1.807) is 0 Å². The second-order valence-electron chi connectivity index (χ2n) is 3.82. The van der Waals surface area contributed by atoms with Crippen LogP contribution in [0.15, 0.2) is 0 Å². The first kappa shape index (κ1) is 14.5. The molecular weight excluding hydrogens is 252 g/mol. The average Bonchev–Trinajstić information content (AvgIpc) is 2.30. The number of rotatable bonds is 3. The molecule has 0 aromatic heterocycles. The third kappa shape index (κ3) is 3.68. The fraction of sp³-hybridized carbons (Fsp3) is 0.889. The number of urea groups is 1. The van der Waals surface area contributed by atoms with Crippen LogP contribution in [0.2, 0.25) is 0 Å². The number of nitrogens with one attached hydrogen (secondary N) is 2. The van der Waals surface area contributed by atoms with Crippen molar-refractivity contribution in [3.05, 3.63) is 0 Å². The highest BCUT2D eigenvalue weighted by molar-refractivity contribution is 6.18. The Hall–Kier alpha value is -0.600. The van der Waals surface area contributed by atoms with Gasteiger partial charge >= 0.3 is 6.03 Å². The second kappa shape index (κ2) is 6.36. The van der Waals surface area contributed by atoms with Gasteiger partial charge in [-0.05, 0) is 6.92 Å². The Labute approximate surface area is 104 Å². The summed E-state index contributed by atoms with van der Waals surface area (Å²) in [6.45, 7) is 1.81. The van der Waals surface area contributed by atoms with Crippen molar-refractivity contribution >= 4 is 17.6 Å². The van der Waals surface area contributed by atoms with E-state index in [1.807, 2.05) is 0 Å². The lowest BCUT2D eigenvalue weighted by Gasteiger charge is -2.39. The molecule has 5 N–H and O–H groups in total. The van der Waals surface area contributed by atoms with Gasteiger partial charge in [-0.3, -0.25) is 0 Å². The molecule has 1 aliphatic heterocycles. The standard InChI is InChI=1S/C9H17ClN2O5/c1-4-5(13)6(14)7(15)8(17-4)12-9(16)11-3-2-10/h4-8,13-15H,2-3H2,1H3,(H2,11,12,16)/t4-,5-,6+,7-,8-/m1/s1. The highest BCUT2D eigenvalue weighted by atomic mass is 35.5. The average molecular weight is 269 g/mol. The molecule has 0 unspecified atom stereocenters. The molecule has 8 heteroatoms. The molecule has 1 aliphatic rings. The molecule has 1 fully saturated rings. The maximum absolute atomic E-state index is 11.3. The molecule has 1 saturated heterocycles. The molecule has 2 amide bonds. The number of hydrogen-bond acceptors (Lipinski definition) is 5. The Bertz CT molecular complexity index is 268. The van der Waals surface area contributed by atoms with Crippen LogP contribution in [0.5, 0.6) is 0 Å². The molecule has 17 heavy (non-hydrogen) atoms. The van der Waals surface area contributed by atoms with Crippen molar-refractivity contribution in [1.29, 1.82) is 0 Å². The van der Waals surface area contributed by atoms with Gasteiger partial charge in [0.1, 0.15) is 18.3 Å². The molecule has 1 rings (SSSR count). The summed E-state index contributed by atoms with van der Waals surface area (Å²) in [6, 6.07) is -0.564. The number of aliphatic hydroxyl groups is 3. The third-order valence-electron chi connectivity index (χ3n) is 2.51. The Kier molecular flexibility index (Phi) is 5.41. The lowest BCUT2D eigenvalue weighted by Crippen LogP contribution is -2.62. The maximum Gasteiger partial charge on any atom is 0.316 e. The normalized spacial score (nSPS) is 37.6. The van der Waals surface area contributed by atoms with Crippen LogP contribution in [0, 0.1) is 0 Å². The van der Waals surface area contributed by atoms with Crippen LogP contribution in [0.1, 0.15) is 6.92 Å². The van der Waals surface area contributed by atoms with Crippen LogP contribution in [-0.4, -0.2) is 64.4 Å². The Morgan fingerprint density at radius 1 is 1.29 bits per heavy atom. The predicted molar refractivity (Wildman–Crippen MR) is 59.6 cm³/mol. The van der Waals surface area contributed by atoms with Gasteiger partial charge in [0.15, 0.2) is 6.23 Å². The molecule has 0 bridgehead atoms. The van der Waals surface area contributed by atoms with Gasteiger partial charge in [-0.25, -0.2) is 4.79 Å². The Morgan fingerprint density at radius 3 is 2.53 bits per heavy atom. The minimum Gasteiger partial charge on any atom is -0.388 e. The van der Waals surface area contributed by atoms with E-state index in [1.165, 1.54) is 6.92 Å². The molecule has 0 aromatic rings. The molecule has 0 spiro atoms. The summed E-state index contributed by atoms with van der Waals surface area (Å²) in [6.07, 6.45) is -5.69. The zero-order valence-electron chi connectivity index (χ0n) is 9.34. The Morgan fingerprint density at radius 2 is 1.94 bits per heavy atom. The van der Waals surface area contributed by atoms with Crippen molar-refractivity contribution in [1.82, 2.24) is 10.6 Å². The third-order valence-corrected chi connectivity index (χ3v) is 2.69. The fourth-order valence-corrected chi connectivity index (χ4v) is 1.61. The minimum atomic E-state index is -1.39. The van der Waals surface area contributed by atoms with E-state index in [0.29, 0.717) is 0 Å². The van der Waals surface area contributed by atoms with E-state index >= 15 is 0 Å². The lowest BCUT2D eigenvalue weighted by atomic mass is 9.99. The summed E-state index contributed by atoms with van der Waals surface area (Å²) >= 11 is 5.39. The molecule has 0 aliphatic carbocycles. The van der Waals surface area contributed by atoms with E-state index in [2.05, 4.69) is 10.6 Å². The molecule has 0 radical (unpaired) electrons. The summed E-state index contributed by atoms with van der Waals surface area (Å²) in [7, 11) is 0. The Balaban J connectivity index is 2.50. The van der Waals surface area contributed by atoms with Gasteiger partial charge in [0, 0.05) is 12.4 Å². The van der Waals surface area contributed by atoms with Gasteiger partial charge in [0.2, 0.25) is 0 Å². The monoisotopic (exact) mass is 268 g/mol. The maximum atomic E-state index is 11.3. The molecule has 100 valence electrons. The molecule has 1 heterocycles. The van der Waals surface area contributed by atoms with Crippen LogP contribution in [-0.2, 0) is 4.74 Å². The second-order valence-corrected chi connectivity index (χ2v) is 4.20. The van der Waals surface area contributed by atoms with Gasteiger partial charge in [-0.2, -0.15) is 0 Å². The van der Waals surface area contributed by atoms with Crippen LogP contribution < -0.4 is 10.6 Å². The number of carbonyl (C=O) groups excluding carboxylic acids is 1. The number of ether oxygens (including phenoxy) is 1. The fourth-order valence-electron chi connectivity index (χ4n) is 1.51. The number of amides is 2. The van der Waals surface area contributed by atoms with Crippen LogP contribution >= 0.6 is 11.6 Å². The van der Waals surface area contributed by atoms with E-state index in [4.69, 9.17) is 16.3 Å². The van der Waals surface area contributed by atoms with Crippen LogP contribution in [0.4, 0.5) is 4.79 Å². The largest absolute Gasteiger partial charge is 0.388 e. The summed E-state index contributed by atoms with van der Waals surface area (Å²) in [5.74, 6) is 0.263. The van der Waals surface area contributed by atoms with E-state index < -0.39 is 36.7 Å². The van der Waals surface area contributed by atoms with Gasteiger partial charge in [-0.1, -0.05) is 0 Å². The van der Waals surface area contributed by atoms with E-state index in [0.717, 1.165) is 0 Å². The molecule has 7 nitrogen and oxygen atoms in total. The summed E-state index contributed by atoms with van der Waals surface area (Å²) in [5, 5.41) is 33.3. The van der Waals surface area contributed by atoms with Crippen LogP contribution in [0.25, 0.3) is 0 Å². The lowest BCUT2D eigenvalue weighted by molar-refractivity contribution is -0.221. The van der Waals surface area contributed by atoms with Crippen LogP contribution in [0.3, 0.4) is 0 Å². The molecule has 0 saturated carbocycles. The van der Waals surface area contributed by atoms with Crippen molar-refractivity contribution in [2.75, 3.05) is 12.4 Å². The quantitative estimate of drug-likeness (QED) is 0.394. The first-order chi connectivity index (χ1) is 7.97. The molecule has 5 atom stereocenters. The number of carbonyl (C=O) groups is 1. The van der Waals surface area contributed by atoms with Crippen molar-refractivity contribution in [2.24, 2.45) is 0 Å². The molecular formula is C9H17ClN2O5. The predicted octanol–water partition coefficient (Wildman–Crippen LogP) is -1.65. The van der Waals surface area contributed by atoms with Crippen molar-refractivity contribution < 1.29 is 24.9 Å². The molecule has 0 aromatic carbocycles. The SMILES string of the molecule is C[C@H]1O[C@@H](NC(=O)NCCCl)[C@H](O)[C@@H](O)[C@@H]1O.